The molecule has 2 unspecified atom stereocenters. The van der Waals surface area contributed by atoms with E-state index in [1.165, 1.54) is 6.42 Å². The Labute approximate surface area is 119 Å². The Kier molecular flexibility index (Phi) is 3.50. The van der Waals surface area contributed by atoms with Crippen LogP contribution in [0.25, 0.3) is 0 Å². The van der Waals surface area contributed by atoms with Crippen LogP contribution in [0.3, 0.4) is 0 Å². The first-order chi connectivity index (χ1) is 9.60. The van der Waals surface area contributed by atoms with Crippen LogP contribution in [0.5, 0.6) is 0 Å². The van der Waals surface area contributed by atoms with Gasteiger partial charge < -0.3 is 10.0 Å². The lowest BCUT2D eigenvalue weighted by molar-refractivity contribution is -0.0886. The van der Waals surface area contributed by atoms with Gasteiger partial charge in [0.25, 0.3) is 5.91 Å². The van der Waals surface area contributed by atoms with E-state index in [1.54, 1.807) is 12.3 Å². The standard InChI is InChI=1S/C16H22N2O2/c1-12-14(6-4-9-17-12)15(19)18-10-8-16(20)7-3-2-5-13(16)11-18/h4,6,9,13,20H,2-3,5,7-8,10-11H2,1H3. The first kappa shape index (κ1) is 13.6. The van der Waals surface area contributed by atoms with Crippen molar-refractivity contribution in [2.24, 2.45) is 5.92 Å². The van der Waals surface area contributed by atoms with Crippen LogP contribution < -0.4 is 0 Å². The predicted molar refractivity (Wildman–Crippen MR) is 76.4 cm³/mol. The summed E-state index contributed by atoms with van der Waals surface area (Å²) in [5, 5.41) is 10.7. The van der Waals surface area contributed by atoms with Gasteiger partial charge in [-0.15, -0.1) is 0 Å². The Bertz CT molecular complexity index is 517. The van der Waals surface area contributed by atoms with Crippen molar-refractivity contribution >= 4 is 5.91 Å². The molecule has 2 atom stereocenters. The molecular formula is C16H22N2O2. The number of piperidine rings is 1. The van der Waals surface area contributed by atoms with Crippen molar-refractivity contribution in [3.63, 3.8) is 0 Å². The average molecular weight is 274 g/mol. The summed E-state index contributed by atoms with van der Waals surface area (Å²) < 4.78 is 0. The van der Waals surface area contributed by atoms with E-state index in [-0.39, 0.29) is 11.8 Å². The third kappa shape index (κ3) is 2.33. The maximum Gasteiger partial charge on any atom is 0.255 e. The number of hydrogen-bond acceptors (Lipinski definition) is 3. The van der Waals surface area contributed by atoms with Gasteiger partial charge in [-0.05, 0) is 38.3 Å². The van der Waals surface area contributed by atoms with Crippen LogP contribution in [0.15, 0.2) is 18.3 Å². The number of fused-ring (bicyclic) bond motifs is 1. The molecule has 0 bridgehead atoms. The Morgan fingerprint density at radius 3 is 3.10 bits per heavy atom. The van der Waals surface area contributed by atoms with Crippen LogP contribution in [0, 0.1) is 12.8 Å². The molecular weight excluding hydrogens is 252 g/mol. The van der Waals surface area contributed by atoms with Crippen molar-refractivity contribution in [2.75, 3.05) is 13.1 Å². The van der Waals surface area contributed by atoms with Gasteiger partial charge in [0.2, 0.25) is 0 Å². The number of aromatic nitrogens is 1. The van der Waals surface area contributed by atoms with E-state index in [4.69, 9.17) is 0 Å². The first-order valence-corrected chi connectivity index (χ1v) is 7.53. The first-order valence-electron chi connectivity index (χ1n) is 7.53. The Hall–Kier alpha value is -1.42. The van der Waals surface area contributed by atoms with Crippen molar-refractivity contribution < 1.29 is 9.90 Å². The quantitative estimate of drug-likeness (QED) is 0.853. The zero-order valence-electron chi connectivity index (χ0n) is 12.0. The third-order valence-corrected chi connectivity index (χ3v) is 4.95. The van der Waals surface area contributed by atoms with Gasteiger partial charge in [-0.1, -0.05) is 12.8 Å². The summed E-state index contributed by atoms with van der Waals surface area (Å²) in [4.78, 5) is 18.7. The monoisotopic (exact) mass is 274 g/mol. The van der Waals surface area contributed by atoms with Gasteiger partial charge in [0.15, 0.2) is 0 Å². The molecule has 2 heterocycles. The minimum atomic E-state index is -0.529. The predicted octanol–water partition coefficient (Wildman–Crippen LogP) is 2.16. The zero-order valence-corrected chi connectivity index (χ0v) is 12.0. The number of carbonyl (C=O) groups is 1. The Morgan fingerprint density at radius 1 is 1.45 bits per heavy atom. The van der Waals surface area contributed by atoms with Gasteiger partial charge in [-0.3, -0.25) is 9.78 Å². The number of likely N-dealkylation sites (tertiary alicyclic amines) is 1. The van der Waals surface area contributed by atoms with Crippen molar-refractivity contribution in [3.8, 4) is 0 Å². The third-order valence-electron chi connectivity index (χ3n) is 4.95. The molecule has 2 fully saturated rings. The highest BCUT2D eigenvalue weighted by atomic mass is 16.3. The number of pyridine rings is 1. The number of carbonyl (C=O) groups excluding carboxylic acids is 1. The summed E-state index contributed by atoms with van der Waals surface area (Å²) in [6.07, 6.45) is 6.63. The van der Waals surface area contributed by atoms with Crippen molar-refractivity contribution in [2.45, 2.75) is 44.6 Å². The van der Waals surface area contributed by atoms with E-state index in [2.05, 4.69) is 4.98 Å². The molecule has 1 aliphatic carbocycles. The van der Waals surface area contributed by atoms with Crippen LogP contribution in [-0.4, -0.2) is 39.6 Å². The van der Waals surface area contributed by atoms with Crippen molar-refractivity contribution in [1.29, 1.82) is 0 Å². The maximum atomic E-state index is 12.6. The summed E-state index contributed by atoms with van der Waals surface area (Å²) >= 11 is 0. The van der Waals surface area contributed by atoms with Crippen LogP contribution in [0.1, 0.15) is 48.2 Å². The Balaban J connectivity index is 1.76. The van der Waals surface area contributed by atoms with Crippen LogP contribution in [0.4, 0.5) is 0 Å². The average Bonchev–Trinajstić information content (AvgIpc) is 2.46. The zero-order chi connectivity index (χ0) is 14.2. The molecule has 0 aromatic carbocycles. The van der Waals surface area contributed by atoms with Crippen molar-refractivity contribution in [3.05, 3.63) is 29.6 Å². The van der Waals surface area contributed by atoms with E-state index in [0.29, 0.717) is 25.1 Å². The number of aliphatic hydroxyl groups is 1. The highest BCUT2D eigenvalue weighted by Gasteiger charge is 2.43. The van der Waals surface area contributed by atoms with Crippen LogP contribution >= 0.6 is 0 Å². The second-order valence-corrected chi connectivity index (χ2v) is 6.18. The summed E-state index contributed by atoms with van der Waals surface area (Å²) in [7, 11) is 0. The van der Waals surface area contributed by atoms with E-state index >= 15 is 0 Å². The van der Waals surface area contributed by atoms with Gasteiger partial charge in [0.1, 0.15) is 0 Å². The van der Waals surface area contributed by atoms with Gasteiger partial charge >= 0.3 is 0 Å². The molecule has 1 saturated heterocycles. The molecule has 108 valence electrons. The summed E-state index contributed by atoms with van der Waals surface area (Å²) in [5.41, 5.74) is 0.940. The SMILES string of the molecule is Cc1ncccc1C(=O)N1CCC2(O)CCCCC2C1. The number of rotatable bonds is 1. The van der Waals surface area contributed by atoms with Crippen molar-refractivity contribution in [1.82, 2.24) is 9.88 Å². The molecule has 4 heteroatoms. The largest absolute Gasteiger partial charge is 0.389 e. The normalized spacial score (nSPS) is 29.9. The Morgan fingerprint density at radius 2 is 2.30 bits per heavy atom. The minimum Gasteiger partial charge on any atom is -0.389 e. The molecule has 1 saturated carbocycles. The smallest absolute Gasteiger partial charge is 0.255 e. The molecule has 3 rings (SSSR count). The second kappa shape index (κ2) is 5.17. The molecule has 0 radical (unpaired) electrons. The highest BCUT2D eigenvalue weighted by molar-refractivity contribution is 5.95. The van der Waals surface area contributed by atoms with E-state index in [0.717, 1.165) is 25.0 Å². The summed E-state index contributed by atoms with van der Waals surface area (Å²) in [6, 6.07) is 3.65. The molecule has 20 heavy (non-hydrogen) atoms. The molecule has 0 spiro atoms. The van der Waals surface area contributed by atoms with Crippen LogP contribution in [-0.2, 0) is 0 Å². The molecule has 1 aliphatic heterocycles. The van der Waals surface area contributed by atoms with Crippen LogP contribution in [0.2, 0.25) is 0 Å². The lowest BCUT2D eigenvalue weighted by atomic mass is 9.71. The topological polar surface area (TPSA) is 53.4 Å². The van der Waals surface area contributed by atoms with Gasteiger partial charge in [0, 0.05) is 30.9 Å². The summed E-state index contributed by atoms with van der Waals surface area (Å²) in [6.45, 7) is 3.21. The molecule has 2 aliphatic rings. The number of amides is 1. The number of aryl methyl sites for hydroxylation is 1. The minimum absolute atomic E-state index is 0.0585. The summed E-state index contributed by atoms with van der Waals surface area (Å²) in [5.74, 6) is 0.300. The highest BCUT2D eigenvalue weighted by Crippen LogP contribution is 2.40. The maximum absolute atomic E-state index is 12.6. The van der Waals surface area contributed by atoms with Gasteiger partial charge in [-0.25, -0.2) is 0 Å². The number of hydrogen-bond donors (Lipinski definition) is 1. The molecule has 4 nitrogen and oxygen atoms in total. The fraction of sp³-hybridized carbons (Fsp3) is 0.625. The molecule has 1 aromatic rings. The van der Waals surface area contributed by atoms with E-state index in [1.807, 2.05) is 17.9 Å². The number of nitrogens with zero attached hydrogens (tertiary/aromatic N) is 2. The van der Waals surface area contributed by atoms with Gasteiger partial charge in [-0.2, -0.15) is 0 Å². The molecule has 1 N–H and O–H groups in total. The molecule has 1 aromatic heterocycles. The lowest BCUT2D eigenvalue weighted by Crippen LogP contribution is -2.54. The van der Waals surface area contributed by atoms with E-state index in [9.17, 15) is 9.90 Å². The fourth-order valence-electron chi connectivity index (χ4n) is 3.64. The lowest BCUT2D eigenvalue weighted by Gasteiger charge is -2.47. The van der Waals surface area contributed by atoms with E-state index < -0.39 is 5.60 Å². The van der Waals surface area contributed by atoms with Gasteiger partial charge in [0.05, 0.1) is 11.2 Å². The second-order valence-electron chi connectivity index (χ2n) is 6.18. The molecule has 1 amide bonds. The fourth-order valence-corrected chi connectivity index (χ4v) is 3.64.